The van der Waals surface area contributed by atoms with Crippen LogP contribution in [0.4, 0.5) is 0 Å². The van der Waals surface area contributed by atoms with Crippen LogP contribution in [0, 0.1) is 0 Å². The molecule has 0 aromatic carbocycles. The van der Waals surface area contributed by atoms with Crippen LogP contribution in [0.5, 0.6) is 0 Å². The lowest BCUT2D eigenvalue weighted by Gasteiger charge is -2.35. The fraction of sp³-hybridized carbons (Fsp3) is 0.818. The Morgan fingerprint density at radius 1 is 1.41 bits per heavy atom. The summed E-state index contributed by atoms with van der Waals surface area (Å²) < 4.78 is 5.27. The molecule has 1 fully saturated rings. The van der Waals surface area contributed by atoms with Crippen LogP contribution in [0.25, 0.3) is 0 Å². The highest BCUT2D eigenvalue weighted by Gasteiger charge is 2.34. The monoisotopic (exact) mass is 306 g/mol. The number of carbonyl (C=O) groups is 2. The molecule has 0 aliphatic carbocycles. The largest absolute Gasteiger partial charge is 0.377 e. The van der Waals surface area contributed by atoms with Crippen molar-refractivity contribution in [1.29, 1.82) is 0 Å². The zero-order valence-electron chi connectivity index (χ0n) is 10.4. The smallest absolute Gasteiger partial charge is 0.245 e. The number of amides is 2. The summed E-state index contributed by atoms with van der Waals surface area (Å²) in [4.78, 5) is 25.2. The standard InChI is InChI=1S/C11H19BrN2O3/c1-7(2)13-10(15)9-6-17-5-4-14(9)11(16)8(3)12/h7-9H,4-6H2,1-3H3,(H,13,15). The molecule has 2 atom stereocenters. The summed E-state index contributed by atoms with van der Waals surface area (Å²) >= 11 is 3.24. The molecule has 2 unspecified atom stereocenters. The summed E-state index contributed by atoms with van der Waals surface area (Å²) in [5.41, 5.74) is 0. The van der Waals surface area contributed by atoms with Crippen molar-refractivity contribution in [2.75, 3.05) is 19.8 Å². The van der Waals surface area contributed by atoms with Crippen LogP contribution in [0.15, 0.2) is 0 Å². The molecule has 0 bridgehead atoms. The minimum Gasteiger partial charge on any atom is -0.377 e. The normalized spacial score (nSPS) is 22.4. The van der Waals surface area contributed by atoms with E-state index in [4.69, 9.17) is 4.74 Å². The molecule has 1 rings (SSSR count). The summed E-state index contributed by atoms with van der Waals surface area (Å²) in [6.45, 7) is 6.75. The second kappa shape index (κ2) is 6.35. The zero-order chi connectivity index (χ0) is 13.0. The van der Waals surface area contributed by atoms with Crippen LogP contribution in [0.3, 0.4) is 0 Å². The molecule has 1 aliphatic heterocycles. The van der Waals surface area contributed by atoms with Gasteiger partial charge in [0, 0.05) is 12.6 Å². The molecule has 0 saturated carbocycles. The highest BCUT2D eigenvalue weighted by Crippen LogP contribution is 2.12. The maximum absolute atomic E-state index is 11.9. The number of nitrogens with one attached hydrogen (secondary N) is 1. The number of halogens is 1. The van der Waals surface area contributed by atoms with Crippen molar-refractivity contribution >= 4 is 27.7 Å². The molecule has 6 heteroatoms. The number of morpholine rings is 1. The number of ether oxygens (including phenoxy) is 1. The summed E-state index contributed by atoms with van der Waals surface area (Å²) in [5.74, 6) is -0.224. The van der Waals surface area contributed by atoms with Crippen LogP contribution in [-0.4, -0.2) is 53.4 Å². The maximum atomic E-state index is 11.9. The topological polar surface area (TPSA) is 58.6 Å². The van der Waals surface area contributed by atoms with E-state index in [9.17, 15) is 9.59 Å². The Kier molecular flexibility index (Phi) is 5.39. The third-order valence-electron chi connectivity index (χ3n) is 2.49. The summed E-state index contributed by atoms with van der Waals surface area (Å²) in [7, 11) is 0. The molecule has 1 aliphatic rings. The molecule has 2 amide bonds. The van der Waals surface area contributed by atoms with Gasteiger partial charge < -0.3 is 15.0 Å². The fourth-order valence-electron chi connectivity index (χ4n) is 1.69. The lowest BCUT2D eigenvalue weighted by atomic mass is 10.2. The molecule has 1 heterocycles. The average Bonchev–Trinajstić information content (AvgIpc) is 2.27. The Labute approximate surface area is 110 Å². The van der Waals surface area contributed by atoms with Gasteiger partial charge in [0.2, 0.25) is 11.8 Å². The van der Waals surface area contributed by atoms with Gasteiger partial charge in [-0.15, -0.1) is 0 Å². The number of alkyl halides is 1. The van der Waals surface area contributed by atoms with Crippen LogP contribution in [0.2, 0.25) is 0 Å². The molecular weight excluding hydrogens is 288 g/mol. The molecule has 0 radical (unpaired) electrons. The van der Waals surface area contributed by atoms with Gasteiger partial charge in [-0.25, -0.2) is 0 Å². The quantitative estimate of drug-likeness (QED) is 0.774. The Morgan fingerprint density at radius 3 is 2.59 bits per heavy atom. The number of rotatable bonds is 3. The number of carbonyl (C=O) groups excluding carboxylic acids is 2. The van der Waals surface area contributed by atoms with Crippen LogP contribution in [-0.2, 0) is 14.3 Å². The third-order valence-corrected chi connectivity index (χ3v) is 2.88. The fourth-order valence-corrected chi connectivity index (χ4v) is 1.96. The SMILES string of the molecule is CC(C)NC(=O)C1COCCN1C(=O)C(C)Br. The van der Waals surface area contributed by atoms with Crippen molar-refractivity contribution in [3.63, 3.8) is 0 Å². The van der Waals surface area contributed by atoms with Crippen LogP contribution in [0.1, 0.15) is 20.8 Å². The van der Waals surface area contributed by atoms with E-state index >= 15 is 0 Å². The average molecular weight is 307 g/mol. The van der Waals surface area contributed by atoms with E-state index < -0.39 is 6.04 Å². The van der Waals surface area contributed by atoms with E-state index in [1.807, 2.05) is 13.8 Å². The van der Waals surface area contributed by atoms with E-state index in [-0.39, 0.29) is 29.3 Å². The first kappa shape index (κ1) is 14.4. The van der Waals surface area contributed by atoms with E-state index in [0.29, 0.717) is 13.2 Å². The molecule has 98 valence electrons. The molecule has 1 saturated heterocycles. The molecule has 17 heavy (non-hydrogen) atoms. The van der Waals surface area contributed by atoms with Crippen LogP contribution < -0.4 is 5.32 Å². The predicted octanol–water partition coefficient (Wildman–Crippen LogP) is 0.522. The summed E-state index contributed by atoms with van der Waals surface area (Å²) in [5, 5.41) is 2.81. The van der Waals surface area contributed by atoms with E-state index in [1.54, 1.807) is 11.8 Å². The zero-order valence-corrected chi connectivity index (χ0v) is 12.0. The third kappa shape index (κ3) is 3.96. The van der Waals surface area contributed by atoms with Gasteiger partial charge in [-0.3, -0.25) is 9.59 Å². The van der Waals surface area contributed by atoms with Gasteiger partial charge in [-0.1, -0.05) is 15.9 Å². The number of nitrogens with zero attached hydrogens (tertiary/aromatic N) is 1. The first-order chi connectivity index (χ1) is 7.93. The highest BCUT2D eigenvalue weighted by molar-refractivity contribution is 9.10. The van der Waals surface area contributed by atoms with Crippen molar-refractivity contribution in [2.45, 2.75) is 37.7 Å². The summed E-state index contributed by atoms with van der Waals surface area (Å²) in [6.07, 6.45) is 0. The molecular formula is C11H19BrN2O3. The van der Waals surface area contributed by atoms with Gasteiger partial charge in [-0.2, -0.15) is 0 Å². The second-order valence-corrected chi connectivity index (χ2v) is 5.78. The van der Waals surface area contributed by atoms with Crippen LogP contribution >= 0.6 is 15.9 Å². The van der Waals surface area contributed by atoms with Gasteiger partial charge >= 0.3 is 0 Å². The molecule has 0 aromatic rings. The van der Waals surface area contributed by atoms with Crippen molar-refractivity contribution < 1.29 is 14.3 Å². The van der Waals surface area contributed by atoms with Crippen molar-refractivity contribution in [3.05, 3.63) is 0 Å². The predicted molar refractivity (Wildman–Crippen MR) is 68.0 cm³/mol. The Hall–Kier alpha value is -0.620. The number of hydrogen-bond acceptors (Lipinski definition) is 3. The Bertz CT molecular complexity index is 294. The van der Waals surface area contributed by atoms with E-state index in [2.05, 4.69) is 21.2 Å². The molecule has 1 N–H and O–H groups in total. The molecule has 0 spiro atoms. The van der Waals surface area contributed by atoms with Gasteiger partial charge in [0.15, 0.2) is 0 Å². The summed E-state index contributed by atoms with van der Waals surface area (Å²) in [6, 6.07) is -0.457. The van der Waals surface area contributed by atoms with Crippen molar-refractivity contribution in [2.24, 2.45) is 0 Å². The van der Waals surface area contributed by atoms with Crippen molar-refractivity contribution in [1.82, 2.24) is 10.2 Å². The lowest BCUT2D eigenvalue weighted by molar-refractivity contribution is -0.148. The van der Waals surface area contributed by atoms with Gasteiger partial charge in [0.05, 0.1) is 18.0 Å². The van der Waals surface area contributed by atoms with Gasteiger partial charge in [0.25, 0.3) is 0 Å². The molecule has 0 aromatic heterocycles. The lowest BCUT2D eigenvalue weighted by Crippen LogP contribution is -2.57. The van der Waals surface area contributed by atoms with E-state index in [0.717, 1.165) is 0 Å². The highest BCUT2D eigenvalue weighted by atomic mass is 79.9. The Morgan fingerprint density at radius 2 is 2.06 bits per heavy atom. The first-order valence-electron chi connectivity index (χ1n) is 5.76. The van der Waals surface area contributed by atoms with Gasteiger partial charge in [-0.05, 0) is 20.8 Å². The number of hydrogen-bond donors (Lipinski definition) is 1. The minimum atomic E-state index is -0.515. The maximum Gasteiger partial charge on any atom is 0.245 e. The van der Waals surface area contributed by atoms with E-state index in [1.165, 1.54) is 0 Å². The minimum absolute atomic E-state index is 0.0581. The first-order valence-corrected chi connectivity index (χ1v) is 6.67. The second-order valence-electron chi connectivity index (χ2n) is 4.40. The molecule has 5 nitrogen and oxygen atoms in total. The van der Waals surface area contributed by atoms with Gasteiger partial charge in [0.1, 0.15) is 6.04 Å². The van der Waals surface area contributed by atoms with Crippen molar-refractivity contribution in [3.8, 4) is 0 Å². The Balaban J connectivity index is 2.72.